The fourth-order valence-corrected chi connectivity index (χ4v) is 2.88. The maximum absolute atomic E-state index is 12.0. The maximum Gasteiger partial charge on any atom is 0.228 e. The molecule has 3 rings (SSSR count). The monoisotopic (exact) mass is 286 g/mol. The lowest BCUT2D eigenvalue weighted by atomic mass is 10.2. The molecule has 2 heterocycles. The molecule has 1 N–H and O–H groups in total. The molecule has 0 fully saturated rings. The summed E-state index contributed by atoms with van der Waals surface area (Å²) in [5.41, 5.74) is 0.912. The van der Waals surface area contributed by atoms with Gasteiger partial charge in [0.25, 0.3) is 0 Å². The van der Waals surface area contributed by atoms with Gasteiger partial charge < -0.3 is 9.88 Å². The highest BCUT2D eigenvalue weighted by Gasteiger charge is 2.12. The van der Waals surface area contributed by atoms with E-state index in [4.69, 9.17) is 0 Å². The highest BCUT2D eigenvalue weighted by Crippen LogP contribution is 2.25. The van der Waals surface area contributed by atoms with Gasteiger partial charge in [0, 0.05) is 24.9 Å². The number of nitrogens with one attached hydrogen (secondary N) is 1. The van der Waals surface area contributed by atoms with Crippen molar-refractivity contribution in [3.8, 4) is 0 Å². The lowest BCUT2D eigenvalue weighted by Crippen LogP contribution is -2.16. The van der Waals surface area contributed by atoms with Gasteiger partial charge in [-0.3, -0.25) is 4.79 Å². The number of rotatable bonds is 4. The fourth-order valence-electron chi connectivity index (χ4n) is 2.00. The molecule has 0 spiro atoms. The molecule has 1 unspecified atom stereocenters. The van der Waals surface area contributed by atoms with Crippen molar-refractivity contribution in [3.63, 3.8) is 0 Å². The third-order valence-corrected chi connectivity index (χ3v) is 4.01. The molecule has 1 amide bonds. The quantitative estimate of drug-likeness (QED) is 0.801. The molecule has 0 aliphatic carbocycles. The largest absolute Gasteiger partial charge is 0.334 e. The Bertz CT molecular complexity index is 687. The second-order valence-corrected chi connectivity index (χ2v) is 5.63. The summed E-state index contributed by atoms with van der Waals surface area (Å²) in [4.78, 5) is 20.4. The Hall–Kier alpha value is -2.21. The number of carbonyl (C=O) groups excluding carboxylic acids is 1. The van der Waals surface area contributed by atoms with E-state index in [0.717, 1.165) is 10.2 Å². The number of hydrogen-bond acceptors (Lipinski definition) is 4. The Morgan fingerprint density at radius 1 is 1.45 bits per heavy atom. The zero-order chi connectivity index (χ0) is 13.9. The van der Waals surface area contributed by atoms with E-state index in [-0.39, 0.29) is 11.9 Å². The van der Waals surface area contributed by atoms with E-state index in [9.17, 15) is 4.79 Å². The summed E-state index contributed by atoms with van der Waals surface area (Å²) in [6.07, 6.45) is 5.68. The van der Waals surface area contributed by atoms with Crippen molar-refractivity contribution in [2.24, 2.45) is 0 Å². The first kappa shape index (κ1) is 12.8. The molecule has 0 saturated carbocycles. The molecule has 2 aromatic heterocycles. The third kappa shape index (κ3) is 2.70. The van der Waals surface area contributed by atoms with Crippen LogP contribution in [0.1, 0.15) is 19.4 Å². The van der Waals surface area contributed by atoms with E-state index in [0.29, 0.717) is 11.6 Å². The topological polar surface area (TPSA) is 59.8 Å². The smallest absolute Gasteiger partial charge is 0.228 e. The Balaban J connectivity index is 1.66. The number of amides is 1. The van der Waals surface area contributed by atoms with Crippen molar-refractivity contribution in [1.29, 1.82) is 0 Å². The molecular formula is C14H14N4OS. The molecule has 0 aliphatic heterocycles. The number of aromatic nitrogens is 3. The second-order valence-electron chi connectivity index (χ2n) is 4.60. The van der Waals surface area contributed by atoms with Crippen molar-refractivity contribution in [2.45, 2.75) is 19.4 Å². The standard InChI is InChI=1S/C14H14N4OS/c1-10(18-7-6-15-9-18)8-13(19)17-14-16-11-4-2-3-5-12(11)20-14/h2-7,9-10H,8H2,1H3,(H,16,17,19). The second kappa shape index (κ2) is 5.42. The summed E-state index contributed by atoms with van der Waals surface area (Å²) in [6.45, 7) is 1.99. The van der Waals surface area contributed by atoms with Crippen LogP contribution < -0.4 is 5.32 Å². The minimum Gasteiger partial charge on any atom is -0.334 e. The zero-order valence-corrected chi connectivity index (χ0v) is 11.8. The molecule has 1 atom stereocenters. The number of thiazole rings is 1. The van der Waals surface area contributed by atoms with Crippen LogP contribution in [-0.4, -0.2) is 20.4 Å². The van der Waals surface area contributed by atoms with Crippen LogP contribution >= 0.6 is 11.3 Å². The molecular weight excluding hydrogens is 272 g/mol. The SMILES string of the molecule is CC(CC(=O)Nc1nc2ccccc2s1)n1ccnc1. The first-order valence-electron chi connectivity index (χ1n) is 6.35. The van der Waals surface area contributed by atoms with Crippen molar-refractivity contribution < 1.29 is 4.79 Å². The van der Waals surface area contributed by atoms with Crippen molar-refractivity contribution in [3.05, 3.63) is 43.0 Å². The van der Waals surface area contributed by atoms with Crippen LogP contribution in [0.5, 0.6) is 0 Å². The minimum absolute atomic E-state index is 0.0368. The average Bonchev–Trinajstić information content (AvgIpc) is 3.07. The Morgan fingerprint density at radius 2 is 2.30 bits per heavy atom. The molecule has 1 aromatic carbocycles. The van der Waals surface area contributed by atoms with Crippen LogP contribution in [0.4, 0.5) is 5.13 Å². The normalized spacial score (nSPS) is 12.4. The Morgan fingerprint density at radius 3 is 3.05 bits per heavy atom. The highest BCUT2D eigenvalue weighted by atomic mass is 32.1. The van der Waals surface area contributed by atoms with Crippen LogP contribution in [0.2, 0.25) is 0 Å². The molecule has 102 valence electrons. The number of carbonyl (C=O) groups is 1. The molecule has 20 heavy (non-hydrogen) atoms. The average molecular weight is 286 g/mol. The molecule has 0 bridgehead atoms. The van der Waals surface area contributed by atoms with Gasteiger partial charge in [-0.1, -0.05) is 23.5 Å². The predicted molar refractivity (Wildman–Crippen MR) is 79.8 cm³/mol. The summed E-state index contributed by atoms with van der Waals surface area (Å²) >= 11 is 1.49. The lowest BCUT2D eigenvalue weighted by molar-refractivity contribution is -0.116. The van der Waals surface area contributed by atoms with Gasteiger partial charge in [0.05, 0.1) is 16.5 Å². The number of hydrogen-bond donors (Lipinski definition) is 1. The third-order valence-electron chi connectivity index (χ3n) is 3.05. The predicted octanol–water partition coefficient (Wildman–Crippen LogP) is 3.08. The van der Waals surface area contributed by atoms with Crippen LogP contribution in [0.15, 0.2) is 43.0 Å². The zero-order valence-electron chi connectivity index (χ0n) is 11.0. The fraction of sp³-hybridized carbons (Fsp3) is 0.214. The summed E-state index contributed by atoms with van der Waals surface area (Å²) in [5, 5.41) is 3.51. The van der Waals surface area contributed by atoms with Gasteiger partial charge in [0.15, 0.2) is 5.13 Å². The van der Waals surface area contributed by atoms with Gasteiger partial charge in [0.2, 0.25) is 5.91 Å². The number of para-hydroxylation sites is 1. The number of benzene rings is 1. The summed E-state index contributed by atoms with van der Waals surface area (Å²) in [7, 11) is 0. The molecule has 0 radical (unpaired) electrons. The van der Waals surface area contributed by atoms with Gasteiger partial charge in [-0.15, -0.1) is 0 Å². The van der Waals surface area contributed by atoms with E-state index in [2.05, 4.69) is 15.3 Å². The van der Waals surface area contributed by atoms with Gasteiger partial charge in [-0.05, 0) is 19.1 Å². The summed E-state index contributed by atoms with van der Waals surface area (Å²) in [6, 6.07) is 7.92. The van der Waals surface area contributed by atoms with E-state index in [1.54, 1.807) is 12.5 Å². The number of imidazole rings is 1. The summed E-state index contributed by atoms with van der Waals surface area (Å²) in [5.74, 6) is -0.0368. The minimum atomic E-state index is -0.0368. The van der Waals surface area contributed by atoms with Crippen molar-refractivity contribution >= 4 is 32.6 Å². The van der Waals surface area contributed by atoms with Crippen LogP contribution in [0.3, 0.4) is 0 Å². The molecule has 3 aromatic rings. The number of fused-ring (bicyclic) bond motifs is 1. The van der Waals surface area contributed by atoms with E-state index >= 15 is 0 Å². The van der Waals surface area contributed by atoms with Gasteiger partial charge in [-0.2, -0.15) is 0 Å². The van der Waals surface area contributed by atoms with E-state index < -0.39 is 0 Å². The van der Waals surface area contributed by atoms with Crippen LogP contribution in [-0.2, 0) is 4.79 Å². The maximum atomic E-state index is 12.0. The molecule has 5 nitrogen and oxygen atoms in total. The van der Waals surface area contributed by atoms with E-state index in [1.165, 1.54) is 11.3 Å². The summed E-state index contributed by atoms with van der Waals surface area (Å²) < 4.78 is 2.99. The first-order valence-corrected chi connectivity index (χ1v) is 7.17. The van der Waals surface area contributed by atoms with Crippen LogP contribution in [0.25, 0.3) is 10.2 Å². The van der Waals surface area contributed by atoms with Crippen molar-refractivity contribution in [2.75, 3.05) is 5.32 Å². The first-order chi connectivity index (χ1) is 9.72. The number of anilines is 1. The van der Waals surface area contributed by atoms with Gasteiger partial charge in [0.1, 0.15) is 0 Å². The molecule has 0 aliphatic rings. The van der Waals surface area contributed by atoms with Gasteiger partial charge >= 0.3 is 0 Å². The number of nitrogens with zero attached hydrogens (tertiary/aromatic N) is 3. The van der Waals surface area contributed by atoms with E-state index in [1.807, 2.05) is 42.0 Å². The van der Waals surface area contributed by atoms with Crippen LogP contribution in [0, 0.1) is 0 Å². The van der Waals surface area contributed by atoms with Crippen molar-refractivity contribution in [1.82, 2.24) is 14.5 Å². The molecule has 6 heteroatoms. The lowest BCUT2D eigenvalue weighted by Gasteiger charge is -2.11. The Kier molecular flexibility index (Phi) is 3.47. The molecule has 0 saturated heterocycles. The van der Waals surface area contributed by atoms with Gasteiger partial charge in [-0.25, -0.2) is 9.97 Å². The highest BCUT2D eigenvalue weighted by molar-refractivity contribution is 7.22. The Labute approximate surface area is 120 Å².